The van der Waals surface area contributed by atoms with Crippen LogP contribution in [0.1, 0.15) is 5.56 Å². The Morgan fingerprint density at radius 3 is 2.41 bits per heavy atom. The van der Waals surface area contributed by atoms with Crippen LogP contribution in [0, 0.1) is 0 Å². The number of benzene rings is 1. The Morgan fingerprint density at radius 1 is 1.18 bits per heavy atom. The molecule has 0 saturated heterocycles. The molecule has 1 aromatic carbocycles. The molecular formula is C14H15Cl2F3OS2. The van der Waals surface area contributed by atoms with Crippen LogP contribution < -0.4 is 0 Å². The summed E-state index contributed by atoms with van der Waals surface area (Å²) in [5.74, 6) is 0.824. The molecule has 0 amide bonds. The first kappa shape index (κ1) is 20.0. The highest BCUT2D eigenvalue weighted by atomic mass is 35.5. The predicted octanol–water partition coefficient (Wildman–Crippen LogP) is 5.40. The van der Waals surface area contributed by atoms with Crippen molar-refractivity contribution in [3.05, 3.63) is 39.9 Å². The highest BCUT2D eigenvalue weighted by molar-refractivity contribution is 8.02. The molecule has 22 heavy (non-hydrogen) atoms. The summed E-state index contributed by atoms with van der Waals surface area (Å²) in [6.45, 7) is 0. The summed E-state index contributed by atoms with van der Waals surface area (Å²) < 4.78 is 39.3. The summed E-state index contributed by atoms with van der Waals surface area (Å²) in [6, 6.07) is 4.46. The summed E-state index contributed by atoms with van der Waals surface area (Å²) in [5, 5.41) is 10.5. The topological polar surface area (TPSA) is 20.2 Å². The molecule has 1 aromatic rings. The van der Waals surface area contributed by atoms with Crippen LogP contribution in [-0.2, 0) is 0 Å². The van der Waals surface area contributed by atoms with Gasteiger partial charge in [-0.25, -0.2) is 0 Å². The Bertz CT molecular complexity index is 523. The number of aliphatic hydroxyl groups is 1. The van der Waals surface area contributed by atoms with Gasteiger partial charge in [0.15, 0.2) is 5.60 Å². The second-order valence-corrected chi connectivity index (χ2v) is 7.38. The van der Waals surface area contributed by atoms with Crippen molar-refractivity contribution >= 4 is 52.8 Å². The molecule has 0 spiro atoms. The summed E-state index contributed by atoms with van der Waals surface area (Å²) in [6.07, 6.45) is -0.906. The van der Waals surface area contributed by atoms with Crippen molar-refractivity contribution in [1.29, 1.82) is 0 Å². The van der Waals surface area contributed by atoms with Crippen molar-refractivity contribution < 1.29 is 18.3 Å². The van der Waals surface area contributed by atoms with Crippen molar-refractivity contribution in [3.63, 3.8) is 0 Å². The lowest BCUT2D eigenvalue weighted by molar-refractivity contribution is -0.230. The van der Waals surface area contributed by atoms with Crippen LogP contribution in [0.5, 0.6) is 0 Å². The minimum atomic E-state index is -4.74. The van der Waals surface area contributed by atoms with Gasteiger partial charge >= 0.3 is 6.18 Å². The monoisotopic (exact) mass is 390 g/mol. The average molecular weight is 391 g/mol. The molecule has 0 aliphatic heterocycles. The van der Waals surface area contributed by atoms with E-state index in [0.29, 0.717) is 16.3 Å². The maximum atomic E-state index is 13.1. The van der Waals surface area contributed by atoms with Crippen molar-refractivity contribution in [2.75, 3.05) is 23.5 Å². The van der Waals surface area contributed by atoms with Gasteiger partial charge in [0.25, 0.3) is 0 Å². The van der Waals surface area contributed by atoms with Gasteiger partial charge in [0.1, 0.15) is 0 Å². The summed E-state index contributed by atoms with van der Waals surface area (Å²) >= 11 is 14.2. The number of alkyl halides is 3. The van der Waals surface area contributed by atoms with Gasteiger partial charge < -0.3 is 5.11 Å². The zero-order valence-electron chi connectivity index (χ0n) is 11.7. The zero-order chi connectivity index (χ0) is 16.8. The predicted molar refractivity (Wildman–Crippen MR) is 92.2 cm³/mol. The minimum absolute atomic E-state index is 0.244. The zero-order valence-corrected chi connectivity index (χ0v) is 14.8. The molecule has 1 atom stereocenters. The smallest absolute Gasteiger partial charge is 0.376 e. The molecule has 0 aliphatic carbocycles. The average Bonchev–Trinajstić information content (AvgIpc) is 2.44. The van der Waals surface area contributed by atoms with E-state index in [2.05, 4.69) is 0 Å². The van der Waals surface area contributed by atoms with E-state index in [1.165, 1.54) is 24.3 Å². The van der Waals surface area contributed by atoms with E-state index in [9.17, 15) is 18.3 Å². The number of rotatable bonds is 7. The molecule has 124 valence electrons. The fraction of sp³-hybridized carbons (Fsp3) is 0.429. The maximum absolute atomic E-state index is 13.1. The quantitative estimate of drug-likeness (QED) is 0.629. The first-order valence-corrected chi connectivity index (χ1v) is 9.50. The second kappa shape index (κ2) is 8.73. The van der Waals surface area contributed by atoms with Crippen LogP contribution in [-0.4, -0.2) is 40.4 Å². The van der Waals surface area contributed by atoms with Gasteiger partial charge in [0.2, 0.25) is 0 Å². The van der Waals surface area contributed by atoms with Crippen molar-refractivity contribution in [2.45, 2.75) is 11.8 Å². The number of thioether (sulfide) groups is 2. The normalized spacial score (nSPS) is 15.2. The second-order valence-electron chi connectivity index (χ2n) is 4.47. The van der Waals surface area contributed by atoms with E-state index in [0.717, 1.165) is 23.6 Å². The molecule has 0 aromatic heterocycles. The Hall–Kier alpha value is -0.0100. The lowest BCUT2D eigenvalue weighted by atomic mass is 10.0. The molecule has 0 saturated carbocycles. The third-order valence-corrected chi connectivity index (χ3v) is 5.49. The summed E-state index contributed by atoms with van der Waals surface area (Å²) in [5.41, 5.74) is -2.44. The fourth-order valence-corrected chi connectivity index (χ4v) is 3.60. The molecule has 1 unspecified atom stereocenters. The van der Waals surface area contributed by atoms with Gasteiger partial charge in [-0.1, -0.05) is 35.3 Å². The number of hydrogen-bond donors (Lipinski definition) is 1. The molecule has 8 heteroatoms. The Kier molecular flexibility index (Phi) is 7.95. The molecule has 1 N–H and O–H groups in total. The van der Waals surface area contributed by atoms with Crippen LogP contribution >= 0.6 is 46.7 Å². The molecule has 0 aliphatic rings. The van der Waals surface area contributed by atoms with E-state index < -0.39 is 17.5 Å². The lowest BCUT2D eigenvalue weighted by Gasteiger charge is -2.27. The third kappa shape index (κ3) is 5.89. The van der Waals surface area contributed by atoms with Crippen molar-refractivity contribution in [1.82, 2.24) is 0 Å². The molecule has 0 heterocycles. The van der Waals surface area contributed by atoms with E-state index in [-0.39, 0.29) is 5.02 Å². The molecule has 0 radical (unpaired) electrons. The number of halogens is 5. The summed E-state index contributed by atoms with van der Waals surface area (Å²) in [7, 11) is 0. The Balaban J connectivity index is 2.87. The van der Waals surface area contributed by atoms with Gasteiger partial charge in [-0.05, 0) is 30.0 Å². The van der Waals surface area contributed by atoms with E-state index in [1.54, 1.807) is 11.8 Å². The van der Waals surface area contributed by atoms with Crippen LogP contribution in [0.4, 0.5) is 13.2 Å². The third-order valence-electron chi connectivity index (χ3n) is 2.74. The fourth-order valence-electron chi connectivity index (χ4n) is 1.44. The van der Waals surface area contributed by atoms with E-state index in [1.807, 2.05) is 6.26 Å². The minimum Gasteiger partial charge on any atom is -0.376 e. The van der Waals surface area contributed by atoms with Crippen LogP contribution in [0.25, 0.3) is 6.08 Å². The summed E-state index contributed by atoms with van der Waals surface area (Å²) in [4.78, 5) is 0. The van der Waals surface area contributed by atoms with Crippen molar-refractivity contribution in [2.24, 2.45) is 0 Å². The van der Waals surface area contributed by atoms with Crippen LogP contribution in [0.2, 0.25) is 10.0 Å². The van der Waals surface area contributed by atoms with Gasteiger partial charge in [0, 0.05) is 17.3 Å². The first-order valence-electron chi connectivity index (χ1n) is 6.20. The lowest BCUT2D eigenvalue weighted by Crippen LogP contribution is -2.45. The Labute approximate surface area is 146 Å². The van der Waals surface area contributed by atoms with E-state index in [4.69, 9.17) is 23.2 Å². The van der Waals surface area contributed by atoms with Crippen LogP contribution in [0.3, 0.4) is 0 Å². The van der Waals surface area contributed by atoms with Gasteiger partial charge in [0.05, 0.1) is 10.0 Å². The SMILES string of the molecule is CSCCSCC(O)(C=Cc1ccc(Cl)c(Cl)c1)C(F)(F)F. The molecular weight excluding hydrogens is 376 g/mol. The van der Waals surface area contributed by atoms with Crippen molar-refractivity contribution in [3.8, 4) is 0 Å². The molecule has 1 rings (SSSR count). The van der Waals surface area contributed by atoms with Gasteiger partial charge in [-0.15, -0.1) is 0 Å². The first-order chi connectivity index (χ1) is 10.2. The van der Waals surface area contributed by atoms with Gasteiger partial charge in [-0.3, -0.25) is 0 Å². The van der Waals surface area contributed by atoms with E-state index >= 15 is 0 Å². The largest absolute Gasteiger partial charge is 0.421 e. The van der Waals surface area contributed by atoms with Gasteiger partial charge in [-0.2, -0.15) is 36.7 Å². The highest BCUT2D eigenvalue weighted by Gasteiger charge is 2.51. The highest BCUT2D eigenvalue weighted by Crippen LogP contribution is 2.35. The molecule has 1 nitrogen and oxygen atoms in total. The Morgan fingerprint density at radius 2 is 1.86 bits per heavy atom. The molecule has 0 fully saturated rings. The standard InChI is InChI=1S/C14H15Cl2F3OS2/c1-21-6-7-22-9-13(20,14(17,18)19)5-4-10-2-3-11(15)12(16)8-10/h2-5,8,20H,6-7,9H2,1H3. The number of hydrogen-bond acceptors (Lipinski definition) is 3. The molecule has 0 bridgehead atoms. The van der Waals surface area contributed by atoms with Crippen LogP contribution in [0.15, 0.2) is 24.3 Å². The maximum Gasteiger partial charge on any atom is 0.421 e.